The molecule has 0 aliphatic carbocycles. The van der Waals surface area contributed by atoms with Crippen LogP contribution in [0.2, 0.25) is 0 Å². The van der Waals surface area contributed by atoms with Gasteiger partial charge in [-0.05, 0) is 24.6 Å². The van der Waals surface area contributed by atoms with Crippen molar-refractivity contribution in [1.82, 2.24) is 10.3 Å². The molecule has 0 aliphatic rings. The van der Waals surface area contributed by atoms with Crippen molar-refractivity contribution in [3.8, 4) is 0 Å². The maximum Gasteiger partial charge on any atom is 0.251 e. The van der Waals surface area contributed by atoms with Crippen LogP contribution in [0.15, 0.2) is 23.7 Å². The van der Waals surface area contributed by atoms with E-state index in [1.165, 1.54) is 11.3 Å². The van der Waals surface area contributed by atoms with E-state index in [1.54, 1.807) is 11.6 Å². The molecule has 5 nitrogen and oxygen atoms in total. The Kier molecular flexibility index (Phi) is 5.26. The Bertz CT molecular complexity index is 541. The molecule has 1 amide bonds. The SMILES string of the molecule is O=C(NCCCOCCO)c1ccc2ncsc2c1. The van der Waals surface area contributed by atoms with Gasteiger partial charge in [-0.1, -0.05) is 0 Å². The van der Waals surface area contributed by atoms with Crippen LogP contribution in [0.5, 0.6) is 0 Å². The van der Waals surface area contributed by atoms with Gasteiger partial charge in [0.05, 0.1) is 28.9 Å². The summed E-state index contributed by atoms with van der Waals surface area (Å²) in [5.74, 6) is -0.0857. The highest BCUT2D eigenvalue weighted by molar-refractivity contribution is 7.16. The number of benzene rings is 1. The molecule has 0 radical (unpaired) electrons. The number of carbonyl (C=O) groups is 1. The summed E-state index contributed by atoms with van der Waals surface area (Å²) in [4.78, 5) is 16.1. The van der Waals surface area contributed by atoms with Crippen molar-refractivity contribution in [3.05, 3.63) is 29.3 Å². The van der Waals surface area contributed by atoms with Crippen molar-refractivity contribution in [2.75, 3.05) is 26.4 Å². The van der Waals surface area contributed by atoms with Gasteiger partial charge in [0, 0.05) is 18.7 Å². The number of carbonyl (C=O) groups excluding carboxylic acids is 1. The quantitative estimate of drug-likeness (QED) is 0.753. The molecule has 0 fully saturated rings. The van der Waals surface area contributed by atoms with Crippen LogP contribution in [0.1, 0.15) is 16.8 Å². The van der Waals surface area contributed by atoms with E-state index in [0.29, 0.717) is 25.3 Å². The summed E-state index contributed by atoms with van der Waals surface area (Å²) in [7, 11) is 0. The number of hydrogen-bond acceptors (Lipinski definition) is 5. The van der Waals surface area contributed by atoms with Crippen molar-refractivity contribution >= 4 is 27.5 Å². The van der Waals surface area contributed by atoms with Crippen molar-refractivity contribution < 1.29 is 14.6 Å². The Balaban J connectivity index is 1.79. The fraction of sp³-hybridized carbons (Fsp3) is 0.385. The predicted molar refractivity (Wildman–Crippen MR) is 74.5 cm³/mol. The lowest BCUT2D eigenvalue weighted by Gasteiger charge is -2.05. The highest BCUT2D eigenvalue weighted by Crippen LogP contribution is 2.18. The maximum absolute atomic E-state index is 11.9. The minimum Gasteiger partial charge on any atom is -0.394 e. The molecule has 1 aromatic heterocycles. The Labute approximate surface area is 115 Å². The summed E-state index contributed by atoms with van der Waals surface area (Å²) >= 11 is 1.52. The van der Waals surface area contributed by atoms with Crippen LogP contribution >= 0.6 is 11.3 Å². The zero-order valence-electron chi connectivity index (χ0n) is 10.5. The van der Waals surface area contributed by atoms with Gasteiger partial charge in [-0.15, -0.1) is 11.3 Å². The topological polar surface area (TPSA) is 71.5 Å². The first-order valence-corrected chi connectivity index (χ1v) is 6.99. The van der Waals surface area contributed by atoms with Gasteiger partial charge in [0.2, 0.25) is 0 Å². The van der Waals surface area contributed by atoms with Crippen molar-refractivity contribution in [1.29, 1.82) is 0 Å². The number of ether oxygens (including phenoxy) is 1. The number of fused-ring (bicyclic) bond motifs is 1. The first kappa shape index (κ1) is 13.9. The van der Waals surface area contributed by atoms with Crippen LogP contribution < -0.4 is 5.32 Å². The third kappa shape index (κ3) is 3.99. The van der Waals surface area contributed by atoms with Crippen LogP contribution in [0.25, 0.3) is 10.2 Å². The van der Waals surface area contributed by atoms with Crippen LogP contribution in [0.4, 0.5) is 0 Å². The lowest BCUT2D eigenvalue weighted by molar-refractivity contribution is 0.0867. The van der Waals surface area contributed by atoms with Gasteiger partial charge in [0.25, 0.3) is 5.91 Å². The van der Waals surface area contributed by atoms with Crippen LogP contribution in [-0.4, -0.2) is 42.4 Å². The number of rotatable bonds is 7. The first-order chi connectivity index (χ1) is 9.31. The fourth-order valence-corrected chi connectivity index (χ4v) is 2.36. The predicted octanol–water partition coefficient (Wildman–Crippen LogP) is 1.43. The number of thiazole rings is 1. The molecule has 0 atom stereocenters. The van der Waals surface area contributed by atoms with Gasteiger partial charge in [-0.2, -0.15) is 0 Å². The van der Waals surface area contributed by atoms with E-state index in [-0.39, 0.29) is 12.5 Å². The van der Waals surface area contributed by atoms with E-state index >= 15 is 0 Å². The lowest BCUT2D eigenvalue weighted by atomic mass is 10.2. The molecule has 2 aromatic rings. The van der Waals surface area contributed by atoms with Gasteiger partial charge in [-0.25, -0.2) is 4.98 Å². The molecule has 1 heterocycles. The van der Waals surface area contributed by atoms with Crippen molar-refractivity contribution in [3.63, 3.8) is 0 Å². The smallest absolute Gasteiger partial charge is 0.251 e. The van der Waals surface area contributed by atoms with Gasteiger partial charge in [0.15, 0.2) is 0 Å². The molecule has 6 heteroatoms. The largest absolute Gasteiger partial charge is 0.394 e. The summed E-state index contributed by atoms with van der Waals surface area (Å²) in [6.45, 7) is 1.47. The number of amides is 1. The molecule has 0 saturated carbocycles. The average Bonchev–Trinajstić information content (AvgIpc) is 2.89. The first-order valence-electron chi connectivity index (χ1n) is 6.11. The molecule has 0 aliphatic heterocycles. The zero-order chi connectivity index (χ0) is 13.5. The molecule has 2 rings (SSSR count). The Morgan fingerprint density at radius 2 is 2.32 bits per heavy atom. The monoisotopic (exact) mass is 280 g/mol. The highest BCUT2D eigenvalue weighted by Gasteiger charge is 2.06. The van der Waals surface area contributed by atoms with Crippen molar-refractivity contribution in [2.45, 2.75) is 6.42 Å². The fourth-order valence-electron chi connectivity index (χ4n) is 1.64. The van der Waals surface area contributed by atoms with Gasteiger partial charge in [0.1, 0.15) is 0 Å². The Morgan fingerprint density at radius 1 is 1.42 bits per heavy atom. The molecular formula is C13H16N2O3S. The van der Waals surface area contributed by atoms with Gasteiger partial charge < -0.3 is 15.2 Å². The summed E-state index contributed by atoms with van der Waals surface area (Å²) in [6.07, 6.45) is 0.731. The van der Waals surface area contributed by atoms with E-state index in [4.69, 9.17) is 9.84 Å². The molecule has 0 unspecified atom stereocenters. The Morgan fingerprint density at radius 3 is 3.16 bits per heavy atom. The van der Waals surface area contributed by atoms with Crippen LogP contribution in [0, 0.1) is 0 Å². The molecule has 0 saturated heterocycles. The van der Waals surface area contributed by atoms with Crippen LogP contribution in [-0.2, 0) is 4.74 Å². The van der Waals surface area contributed by atoms with E-state index < -0.39 is 0 Å². The lowest BCUT2D eigenvalue weighted by Crippen LogP contribution is -2.25. The minimum absolute atomic E-state index is 0.0290. The third-order valence-electron chi connectivity index (χ3n) is 2.58. The second kappa shape index (κ2) is 7.18. The summed E-state index contributed by atoms with van der Waals surface area (Å²) < 4.78 is 6.12. The molecular weight excluding hydrogens is 264 g/mol. The molecule has 0 spiro atoms. The molecule has 102 valence electrons. The number of aliphatic hydroxyl groups is 1. The van der Waals surface area contributed by atoms with Gasteiger partial charge in [-0.3, -0.25) is 4.79 Å². The van der Waals surface area contributed by atoms with E-state index in [1.807, 2.05) is 12.1 Å². The summed E-state index contributed by atoms with van der Waals surface area (Å²) in [5, 5.41) is 11.4. The summed E-state index contributed by atoms with van der Waals surface area (Å²) in [5.41, 5.74) is 3.33. The molecule has 1 aromatic carbocycles. The van der Waals surface area contributed by atoms with Gasteiger partial charge >= 0.3 is 0 Å². The highest BCUT2D eigenvalue weighted by atomic mass is 32.1. The number of aromatic nitrogens is 1. The summed E-state index contributed by atoms with van der Waals surface area (Å²) in [6, 6.07) is 5.48. The molecule has 19 heavy (non-hydrogen) atoms. The maximum atomic E-state index is 11.9. The second-order valence-corrected chi connectivity index (χ2v) is 4.87. The number of nitrogens with zero attached hydrogens (tertiary/aromatic N) is 1. The van der Waals surface area contributed by atoms with Crippen molar-refractivity contribution in [2.24, 2.45) is 0 Å². The van der Waals surface area contributed by atoms with E-state index in [2.05, 4.69) is 10.3 Å². The molecule has 0 bridgehead atoms. The third-order valence-corrected chi connectivity index (χ3v) is 3.37. The van der Waals surface area contributed by atoms with E-state index in [9.17, 15) is 4.79 Å². The van der Waals surface area contributed by atoms with Crippen LogP contribution in [0.3, 0.4) is 0 Å². The minimum atomic E-state index is -0.0857. The standard InChI is InChI=1S/C13H16N2O3S/c16-5-7-18-6-1-4-14-13(17)10-2-3-11-12(8-10)19-9-15-11/h2-3,8-9,16H,1,4-7H2,(H,14,17). The normalized spacial score (nSPS) is 10.8. The Hall–Kier alpha value is -1.50. The second-order valence-electron chi connectivity index (χ2n) is 3.98. The average molecular weight is 280 g/mol. The van der Waals surface area contributed by atoms with E-state index in [0.717, 1.165) is 16.6 Å². The molecule has 2 N–H and O–H groups in total. The zero-order valence-corrected chi connectivity index (χ0v) is 11.3. The number of nitrogens with one attached hydrogen (secondary N) is 1. The number of hydrogen-bond donors (Lipinski definition) is 2. The number of aliphatic hydroxyl groups excluding tert-OH is 1.